The Morgan fingerprint density at radius 3 is 2.86 bits per heavy atom. The third-order valence-electron chi connectivity index (χ3n) is 3.21. The molecule has 2 aromatic carbocycles. The lowest BCUT2D eigenvalue weighted by atomic mass is 10.0. The van der Waals surface area contributed by atoms with Gasteiger partial charge in [0.25, 0.3) is 5.91 Å². The van der Waals surface area contributed by atoms with Crippen molar-refractivity contribution in [1.29, 1.82) is 0 Å². The molecule has 108 valence electrons. The van der Waals surface area contributed by atoms with Crippen LogP contribution in [0.3, 0.4) is 0 Å². The number of nitrogens with one attached hydrogen (secondary N) is 1. The van der Waals surface area contributed by atoms with Gasteiger partial charge in [0.05, 0.1) is 5.69 Å². The van der Waals surface area contributed by atoms with E-state index in [1.807, 2.05) is 6.07 Å². The smallest absolute Gasteiger partial charge is 0.262 e. The monoisotopic (exact) mass is 367 g/mol. The van der Waals surface area contributed by atoms with Crippen molar-refractivity contribution in [2.45, 2.75) is 6.10 Å². The number of carbonyl (C=O) groups is 1. The number of aliphatic hydroxyl groups excluding tert-OH is 1. The van der Waals surface area contributed by atoms with Gasteiger partial charge >= 0.3 is 0 Å². The van der Waals surface area contributed by atoms with Crippen molar-refractivity contribution in [2.24, 2.45) is 0 Å². The molecule has 0 fully saturated rings. The summed E-state index contributed by atoms with van der Waals surface area (Å²) in [6.07, 6.45) is -0.880. The summed E-state index contributed by atoms with van der Waals surface area (Å²) in [5.74, 6) is 0.378. The van der Waals surface area contributed by atoms with E-state index >= 15 is 0 Å². The van der Waals surface area contributed by atoms with Crippen LogP contribution in [0.2, 0.25) is 5.02 Å². The van der Waals surface area contributed by atoms with Crippen LogP contribution < -0.4 is 10.1 Å². The Morgan fingerprint density at radius 2 is 2.10 bits per heavy atom. The molecule has 1 aliphatic heterocycles. The first-order valence-electron chi connectivity index (χ1n) is 6.24. The first-order chi connectivity index (χ1) is 10.0. The van der Waals surface area contributed by atoms with Crippen molar-refractivity contribution in [2.75, 3.05) is 11.9 Å². The van der Waals surface area contributed by atoms with Crippen LogP contribution in [0.15, 0.2) is 40.9 Å². The van der Waals surface area contributed by atoms with Gasteiger partial charge in [-0.3, -0.25) is 4.79 Å². The van der Waals surface area contributed by atoms with Crippen LogP contribution in [0, 0.1) is 0 Å². The Kier molecular flexibility index (Phi) is 3.89. The molecule has 4 nitrogen and oxygen atoms in total. The maximum atomic E-state index is 11.3. The van der Waals surface area contributed by atoms with E-state index < -0.39 is 6.10 Å². The summed E-state index contributed by atoms with van der Waals surface area (Å²) in [7, 11) is 0. The number of aliphatic hydroxyl groups is 1. The van der Waals surface area contributed by atoms with Crippen molar-refractivity contribution in [3.8, 4) is 5.75 Å². The Bertz CT molecular complexity index is 720. The summed E-state index contributed by atoms with van der Waals surface area (Å²) in [6, 6.07) is 10.5. The molecule has 0 saturated carbocycles. The van der Waals surface area contributed by atoms with Crippen molar-refractivity contribution in [1.82, 2.24) is 0 Å². The van der Waals surface area contributed by atoms with Crippen molar-refractivity contribution < 1.29 is 14.6 Å². The molecule has 6 heteroatoms. The number of amides is 1. The number of rotatable bonds is 2. The van der Waals surface area contributed by atoms with Crippen LogP contribution in [-0.2, 0) is 4.79 Å². The number of hydrogen-bond donors (Lipinski definition) is 2. The molecule has 0 bridgehead atoms. The predicted molar refractivity (Wildman–Crippen MR) is 83.8 cm³/mol. The van der Waals surface area contributed by atoms with E-state index in [4.69, 9.17) is 16.3 Å². The van der Waals surface area contributed by atoms with Crippen molar-refractivity contribution in [3.63, 3.8) is 0 Å². The fraction of sp³-hybridized carbons (Fsp3) is 0.133. The van der Waals surface area contributed by atoms with E-state index in [1.165, 1.54) is 0 Å². The maximum absolute atomic E-state index is 11.3. The van der Waals surface area contributed by atoms with Gasteiger partial charge in [0, 0.05) is 15.1 Å². The second-order valence-electron chi connectivity index (χ2n) is 4.66. The van der Waals surface area contributed by atoms with E-state index in [9.17, 15) is 9.90 Å². The summed E-state index contributed by atoms with van der Waals surface area (Å²) in [5, 5.41) is 13.7. The summed E-state index contributed by atoms with van der Waals surface area (Å²) in [4.78, 5) is 11.3. The minimum Gasteiger partial charge on any atom is -0.482 e. The van der Waals surface area contributed by atoms with Crippen LogP contribution in [0.1, 0.15) is 17.2 Å². The van der Waals surface area contributed by atoms with Gasteiger partial charge in [-0.1, -0.05) is 39.7 Å². The van der Waals surface area contributed by atoms with Crippen molar-refractivity contribution in [3.05, 3.63) is 57.0 Å². The third-order valence-corrected chi connectivity index (χ3v) is 4.03. The van der Waals surface area contributed by atoms with E-state index in [0.29, 0.717) is 27.6 Å². The van der Waals surface area contributed by atoms with Gasteiger partial charge in [-0.2, -0.15) is 0 Å². The zero-order chi connectivity index (χ0) is 15.0. The molecule has 0 aromatic heterocycles. The molecule has 3 rings (SSSR count). The minimum atomic E-state index is -0.880. The molecule has 2 aromatic rings. The van der Waals surface area contributed by atoms with Crippen molar-refractivity contribution >= 4 is 39.1 Å². The van der Waals surface area contributed by atoms with Gasteiger partial charge in [-0.25, -0.2) is 0 Å². The summed E-state index contributed by atoms with van der Waals surface area (Å²) in [6.45, 7) is 0.00738. The lowest BCUT2D eigenvalue weighted by Crippen LogP contribution is -2.25. The zero-order valence-corrected chi connectivity index (χ0v) is 13.1. The number of fused-ring (bicyclic) bond motifs is 1. The third kappa shape index (κ3) is 2.90. The van der Waals surface area contributed by atoms with Gasteiger partial charge < -0.3 is 15.2 Å². The molecule has 1 unspecified atom stereocenters. The molecular formula is C15H11BrClNO3. The second kappa shape index (κ2) is 5.67. The van der Waals surface area contributed by atoms with E-state index in [0.717, 1.165) is 4.47 Å². The van der Waals surface area contributed by atoms with E-state index in [2.05, 4.69) is 21.2 Å². The molecule has 0 spiro atoms. The van der Waals surface area contributed by atoms with Gasteiger partial charge in [0.15, 0.2) is 6.61 Å². The quantitative estimate of drug-likeness (QED) is 0.853. The molecule has 1 amide bonds. The molecule has 21 heavy (non-hydrogen) atoms. The van der Waals surface area contributed by atoms with Crippen LogP contribution in [0.25, 0.3) is 0 Å². The number of anilines is 1. The molecule has 1 aliphatic rings. The average molecular weight is 369 g/mol. The standard InChI is InChI=1S/C15H11BrClNO3/c16-9-2-3-10(11(17)6-9)15(20)8-1-4-13-12(5-8)18-14(19)7-21-13/h1-6,15,20H,7H2,(H,18,19). The Hall–Kier alpha value is -1.56. The molecule has 1 heterocycles. The lowest BCUT2D eigenvalue weighted by molar-refractivity contribution is -0.118. The fourth-order valence-electron chi connectivity index (χ4n) is 2.17. The van der Waals surface area contributed by atoms with Gasteiger partial charge in [0.2, 0.25) is 0 Å². The highest BCUT2D eigenvalue weighted by atomic mass is 79.9. The molecule has 0 aliphatic carbocycles. The number of carbonyl (C=O) groups excluding carboxylic acids is 1. The fourth-order valence-corrected chi connectivity index (χ4v) is 2.95. The molecule has 0 saturated heterocycles. The van der Waals surface area contributed by atoms with Crippen LogP contribution in [0.4, 0.5) is 5.69 Å². The van der Waals surface area contributed by atoms with Gasteiger partial charge in [-0.05, 0) is 29.8 Å². The van der Waals surface area contributed by atoms with E-state index in [-0.39, 0.29) is 12.5 Å². The SMILES string of the molecule is O=C1COc2ccc(C(O)c3ccc(Br)cc3Cl)cc2N1. The average Bonchev–Trinajstić information content (AvgIpc) is 2.46. The highest BCUT2D eigenvalue weighted by Gasteiger charge is 2.20. The Labute approximate surface area is 134 Å². The van der Waals surface area contributed by atoms with Gasteiger partial charge in [-0.15, -0.1) is 0 Å². The highest BCUT2D eigenvalue weighted by molar-refractivity contribution is 9.10. The van der Waals surface area contributed by atoms with E-state index in [1.54, 1.807) is 30.3 Å². The summed E-state index contributed by atoms with van der Waals surface area (Å²) >= 11 is 9.48. The maximum Gasteiger partial charge on any atom is 0.262 e. The predicted octanol–water partition coefficient (Wildman–Crippen LogP) is 3.52. The largest absolute Gasteiger partial charge is 0.482 e. The van der Waals surface area contributed by atoms with Crippen LogP contribution in [0.5, 0.6) is 5.75 Å². The van der Waals surface area contributed by atoms with Crippen LogP contribution in [-0.4, -0.2) is 17.6 Å². The number of hydrogen-bond acceptors (Lipinski definition) is 3. The zero-order valence-electron chi connectivity index (χ0n) is 10.8. The number of ether oxygens (including phenoxy) is 1. The van der Waals surface area contributed by atoms with Crippen LogP contribution >= 0.6 is 27.5 Å². The summed E-state index contributed by atoms with van der Waals surface area (Å²) in [5.41, 5.74) is 1.78. The minimum absolute atomic E-state index is 0.00738. The van der Waals surface area contributed by atoms with Gasteiger partial charge in [0.1, 0.15) is 11.9 Å². The molecule has 1 atom stereocenters. The first-order valence-corrected chi connectivity index (χ1v) is 7.41. The topological polar surface area (TPSA) is 58.6 Å². The summed E-state index contributed by atoms with van der Waals surface area (Å²) < 4.78 is 6.13. The molecule has 2 N–H and O–H groups in total. The number of halogens is 2. The normalized spacial score (nSPS) is 14.9. The molecular weight excluding hydrogens is 358 g/mol. The second-order valence-corrected chi connectivity index (χ2v) is 5.98. The molecule has 0 radical (unpaired) electrons. The first kappa shape index (κ1) is 14.4. The highest BCUT2D eigenvalue weighted by Crippen LogP contribution is 2.35. The Morgan fingerprint density at radius 1 is 1.29 bits per heavy atom. The lowest BCUT2D eigenvalue weighted by Gasteiger charge is -2.20. The number of benzene rings is 2. The Balaban J connectivity index is 1.96.